The molecule has 2 N–H and O–H groups in total. The molecule has 2 aromatic heterocycles. The lowest BCUT2D eigenvalue weighted by atomic mass is 9.85. The fourth-order valence-electron chi connectivity index (χ4n) is 3.38. The van der Waals surface area contributed by atoms with E-state index >= 15 is 0 Å². The summed E-state index contributed by atoms with van der Waals surface area (Å²) < 4.78 is 4.74. The van der Waals surface area contributed by atoms with Gasteiger partial charge in [0.15, 0.2) is 0 Å². The van der Waals surface area contributed by atoms with Crippen molar-refractivity contribution in [1.29, 1.82) is 0 Å². The molecule has 2 fully saturated rings. The number of hydroxylamine groups is 1. The number of hydrogen-bond donors (Lipinski definition) is 2. The first kappa shape index (κ1) is 14.1. The molecule has 2 unspecified atom stereocenters. The Morgan fingerprint density at radius 1 is 1.12 bits per heavy atom. The summed E-state index contributed by atoms with van der Waals surface area (Å²) >= 11 is 0. The van der Waals surface area contributed by atoms with Crippen molar-refractivity contribution in [2.75, 3.05) is 22.9 Å². The molecule has 0 bridgehead atoms. The summed E-state index contributed by atoms with van der Waals surface area (Å²) in [7, 11) is 0. The summed E-state index contributed by atoms with van der Waals surface area (Å²) in [6.45, 7) is 1.68. The van der Waals surface area contributed by atoms with Crippen molar-refractivity contribution >= 4 is 28.6 Å². The summed E-state index contributed by atoms with van der Waals surface area (Å²) in [6, 6.07) is 6.65. The zero-order valence-corrected chi connectivity index (χ0v) is 12.9. The first-order valence-electron chi connectivity index (χ1n) is 7.76. The van der Waals surface area contributed by atoms with Crippen LogP contribution in [0.2, 0.25) is 0 Å². The Morgan fingerprint density at radius 3 is 2.56 bits per heavy atom. The van der Waals surface area contributed by atoms with E-state index in [2.05, 4.69) is 30.1 Å². The van der Waals surface area contributed by atoms with Gasteiger partial charge in [0.1, 0.15) is 11.0 Å². The molecule has 0 spiro atoms. The number of amides is 1. The molecule has 4 heterocycles. The number of hydrogen-bond acceptors (Lipinski definition) is 9. The van der Waals surface area contributed by atoms with Crippen LogP contribution in [0.15, 0.2) is 35.2 Å². The van der Waals surface area contributed by atoms with E-state index in [1.165, 1.54) is 12.4 Å². The minimum Gasteiger partial charge on any atom is -0.362 e. The first-order valence-corrected chi connectivity index (χ1v) is 7.76. The lowest BCUT2D eigenvalue weighted by Gasteiger charge is -2.62. The van der Waals surface area contributed by atoms with Crippen molar-refractivity contribution < 1.29 is 14.6 Å². The van der Waals surface area contributed by atoms with Crippen LogP contribution in [-0.2, 0) is 0 Å². The Morgan fingerprint density at radius 2 is 1.84 bits per heavy atom. The van der Waals surface area contributed by atoms with Crippen LogP contribution in [0.25, 0.3) is 11.0 Å². The minimum absolute atomic E-state index is 0.216. The lowest BCUT2D eigenvalue weighted by Crippen LogP contribution is -2.79. The Hall–Kier alpha value is -3.27. The standard InChI is InChI=1S/C15H13N7O3/c23-14(18-24)8-4-16-15(17-5-8)22-7-12-13(22)6-21(12)9-1-2-10-11(3-9)20-25-19-10/h1-5,12-13,24H,6-7H2,(H,18,23). The van der Waals surface area contributed by atoms with E-state index in [-0.39, 0.29) is 5.56 Å². The number of rotatable bonds is 3. The number of aromatic nitrogens is 4. The molecular weight excluding hydrogens is 326 g/mol. The zero-order valence-electron chi connectivity index (χ0n) is 12.9. The molecule has 25 heavy (non-hydrogen) atoms. The summed E-state index contributed by atoms with van der Waals surface area (Å²) in [4.78, 5) is 24.1. The average Bonchev–Trinajstić information content (AvgIpc) is 3.10. The third-order valence-electron chi connectivity index (χ3n) is 4.84. The van der Waals surface area contributed by atoms with Gasteiger partial charge >= 0.3 is 0 Å². The van der Waals surface area contributed by atoms with Crippen LogP contribution in [0.5, 0.6) is 0 Å². The van der Waals surface area contributed by atoms with Gasteiger partial charge in [0.25, 0.3) is 5.91 Å². The number of fused-ring (bicyclic) bond motifs is 2. The van der Waals surface area contributed by atoms with E-state index in [9.17, 15) is 4.79 Å². The number of nitrogens with one attached hydrogen (secondary N) is 1. The van der Waals surface area contributed by atoms with Crippen molar-refractivity contribution in [1.82, 2.24) is 25.8 Å². The molecule has 2 saturated heterocycles. The van der Waals surface area contributed by atoms with Gasteiger partial charge in [0, 0.05) is 31.2 Å². The van der Waals surface area contributed by atoms with Crippen LogP contribution in [-0.4, -0.2) is 56.6 Å². The molecule has 5 rings (SSSR count). The second-order valence-corrected chi connectivity index (χ2v) is 6.09. The van der Waals surface area contributed by atoms with E-state index in [1.54, 1.807) is 5.48 Å². The number of nitrogens with zero attached hydrogens (tertiary/aromatic N) is 6. The fraction of sp³-hybridized carbons (Fsp3) is 0.267. The van der Waals surface area contributed by atoms with Gasteiger partial charge in [0.05, 0.1) is 17.6 Å². The van der Waals surface area contributed by atoms with Gasteiger partial charge in [-0.25, -0.2) is 20.1 Å². The topological polar surface area (TPSA) is 121 Å². The quantitative estimate of drug-likeness (QED) is 0.509. The molecule has 2 aliphatic heterocycles. The highest BCUT2D eigenvalue weighted by molar-refractivity contribution is 5.92. The van der Waals surface area contributed by atoms with Crippen LogP contribution in [0, 0.1) is 0 Å². The average molecular weight is 339 g/mol. The second-order valence-electron chi connectivity index (χ2n) is 6.09. The van der Waals surface area contributed by atoms with E-state index in [0.717, 1.165) is 29.8 Å². The Labute approximate surface area is 141 Å². The number of benzene rings is 1. The van der Waals surface area contributed by atoms with Gasteiger partial charge in [-0.15, -0.1) is 0 Å². The van der Waals surface area contributed by atoms with Crippen LogP contribution in [0.1, 0.15) is 10.4 Å². The van der Waals surface area contributed by atoms with Gasteiger partial charge in [-0.2, -0.15) is 0 Å². The summed E-state index contributed by atoms with van der Waals surface area (Å²) in [5.74, 6) is -0.0351. The molecular formula is C15H13N7O3. The highest BCUT2D eigenvalue weighted by atomic mass is 16.6. The highest BCUT2D eigenvalue weighted by Crippen LogP contribution is 2.39. The smallest absolute Gasteiger partial charge is 0.277 e. The predicted octanol–water partition coefficient (Wildman–Crippen LogP) is 0.209. The number of carbonyl (C=O) groups excluding carboxylic acids is 1. The third-order valence-corrected chi connectivity index (χ3v) is 4.84. The van der Waals surface area contributed by atoms with Gasteiger partial charge in [-0.05, 0) is 28.5 Å². The van der Waals surface area contributed by atoms with Crippen molar-refractivity contribution in [3.8, 4) is 0 Å². The van der Waals surface area contributed by atoms with E-state index in [4.69, 9.17) is 9.84 Å². The fourth-order valence-corrected chi connectivity index (χ4v) is 3.38. The first-order chi connectivity index (χ1) is 12.2. The number of anilines is 2. The molecule has 0 aliphatic carbocycles. The molecule has 10 heteroatoms. The van der Waals surface area contributed by atoms with Crippen LogP contribution in [0.3, 0.4) is 0 Å². The van der Waals surface area contributed by atoms with Gasteiger partial charge in [-0.1, -0.05) is 0 Å². The van der Waals surface area contributed by atoms with Crippen molar-refractivity contribution in [3.63, 3.8) is 0 Å². The number of carbonyl (C=O) groups is 1. The largest absolute Gasteiger partial charge is 0.362 e. The molecule has 2 atom stereocenters. The predicted molar refractivity (Wildman–Crippen MR) is 85.4 cm³/mol. The van der Waals surface area contributed by atoms with Crippen LogP contribution in [0.4, 0.5) is 11.6 Å². The summed E-state index contributed by atoms with van der Waals surface area (Å²) in [6.07, 6.45) is 2.81. The third kappa shape index (κ3) is 2.04. The normalized spacial score (nSPS) is 21.5. The molecule has 0 radical (unpaired) electrons. The van der Waals surface area contributed by atoms with Gasteiger partial charge in [-0.3, -0.25) is 10.0 Å². The molecule has 0 saturated carbocycles. The molecule has 1 amide bonds. The highest BCUT2D eigenvalue weighted by Gasteiger charge is 2.52. The van der Waals surface area contributed by atoms with E-state index in [1.807, 2.05) is 18.2 Å². The van der Waals surface area contributed by atoms with Crippen molar-refractivity contribution in [2.45, 2.75) is 12.1 Å². The lowest BCUT2D eigenvalue weighted by molar-refractivity contribution is 0.0705. The summed E-state index contributed by atoms with van der Waals surface area (Å²) in [5.41, 5.74) is 4.37. The van der Waals surface area contributed by atoms with Crippen molar-refractivity contribution in [3.05, 3.63) is 36.2 Å². The molecule has 126 valence electrons. The molecule has 1 aromatic carbocycles. The van der Waals surface area contributed by atoms with E-state index < -0.39 is 5.91 Å². The van der Waals surface area contributed by atoms with Crippen molar-refractivity contribution in [2.24, 2.45) is 0 Å². The molecule has 2 aliphatic rings. The maximum Gasteiger partial charge on any atom is 0.277 e. The van der Waals surface area contributed by atoms with Gasteiger partial charge in [0.2, 0.25) is 5.95 Å². The Balaban J connectivity index is 1.29. The molecule has 10 nitrogen and oxygen atoms in total. The van der Waals surface area contributed by atoms with Crippen LogP contribution >= 0.6 is 0 Å². The maximum absolute atomic E-state index is 11.3. The zero-order chi connectivity index (χ0) is 17.0. The van der Waals surface area contributed by atoms with Gasteiger partial charge < -0.3 is 9.80 Å². The maximum atomic E-state index is 11.3. The summed E-state index contributed by atoms with van der Waals surface area (Å²) in [5, 5.41) is 16.3. The van der Waals surface area contributed by atoms with Crippen LogP contribution < -0.4 is 15.3 Å². The van der Waals surface area contributed by atoms with E-state index in [0.29, 0.717) is 18.0 Å². The molecule has 3 aromatic rings. The Kier molecular flexibility index (Phi) is 2.88. The number of piperazine rings is 1. The second kappa shape index (κ2) is 5.11. The minimum atomic E-state index is -0.624. The monoisotopic (exact) mass is 339 g/mol. The SMILES string of the molecule is O=C(NO)c1cnc(N2CC3C2CN3c2ccc3nonc3c2)nc1. The Bertz CT molecular complexity index is 957.